The molecule has 4 nitrogen and oxygen atoms in total. The van der Waals surface area contributed by atoms with Crippen molar-refractivity contribution in [3.8, 4) is 0 Å². The summed E-state index contributed by atoms with van der Waals surface area (Å²) in [4.78, 5) is 0. The van der Waals surface area contributed by atoms with E-state index in [1.54, 1.807) is 0 Å². The van der Waals surface area contributed by atoms with Crippen LogP contribution in [-0.4, -0.2) is 20.0 Å². The van der Waals surface area contributed by atoms with Crippen LogP contribution in [0.2, 0.25) is 0 Å². The summed E-state index contributed by atoms with van der Waals surface area (Å²) in [7, 11) is -5.68. The van der Waals surface area contributed by atoms with Crippen molar-refractivity contribution in [2.45, 2.75) is 44.9 Å². The van der Waals surface area contributed by atoms with Crippen molar-refractivity contribution in [3.63, 3.8) is 0 Å². The van der Waals surface area contributed by atoms with E-state index in [2.05, 4.69) is 4.18 Å². The van der Waals surface area contributed by atoms with Crippen molar-refractivity contribution < 1.29 is 30.5 Å². The Morgan fingerprint density at radius 3 is 2.33 bits per heavy atom. The summed E-state index contributed by atoms with van der Waals surface area (Å²) < 4.78 is 70.2. The molecular formula is C16H19F3O4S. The number of halogens is 3. The van der Waals surface area contributed by atoms with E-state index in [1.165, 1.54) is 6.92 Å². The van der Waals surface area contributed by atoms with Gasteiger partial charge in [0.15, 0.2) is 0 Å². The molecule has 0 amide bonds. The topological polar surface area (TPSA) is 52.6 Å². The van der Waals surface area contributed by atoms with Gasteiger partial charge in [0, 0.05) is 12.0 Å². The number of allylic oxidation sites excluding steroid dienone is 1. The third-order valence-electron chi connectivity index (χ3n) is 3.81. The van der Waals surface area contributed by atoms with E-state index in [-0.39, 0.29) is 24.2 Å². The maximum absolute atomic E-state index is 12.5. The lowest BCUT2D eigenvalue weighted by molar-refractivity contribution is -0.0523. The third kappa shape index (κ3) is 3.92. The molecule has 0 aromatic heterocycles. The van der Waals surface area contributed by atoms with Crippen LogP contribution in [-0.2, 0) is 19.0 Å². The van der Waals surface area contributed by atoms with Crippen molar-refractivity contribution >= 4 is 10.1 Å². The molecule has 1 fully saturated rings. The molecule has 2 rings (SSSR count). The molecule has 1 saturated heterocycles. The highest BCUT2D eigenvalue weighted by Gasteiger charge is 2.49. The third-order valence-corrected chi connectivity index (χ3v) is 4.84. The molecule has 1 aliphatic heterocycles. The van der Waals surface area contributed by atoms with Crippen LogP contribution in [0.3, 0.4) is 0 Å². The first kappa shape index (κ1) is 18.8. The first-order chi connectivity index (χ1) is 11.0. The van der Waals surface area contributed by atoms with Crippen LogP contribution in [0.4, 0.5) is 13.2 Å². The second-order valence-corrected chi connectivity index (χ2v) is 7.51. The molecule has 1 aromatic carbocycles. The van der Waals surface area contributed by atoms with Crippen LogP contribution in [0, 0.1) is 5.92 Å². The first-order valence-corrected chi connectivity index (χ1v) is 8.84. The highest BCUT2D eigenvalue weighted by atomic mass is 32.2. The Hall–Kier alpha value is -1.54. The van der Waals surface area contributed by atoms with Crippen LogP contribution in [0.5, 0.6) is 0 Å². The largest absolute Gasteiger partial charge is 0.534 e. The SMILES string of the molecule is CC(OS(=O)(=O)C(F)(F)F)=C1CC(c2ccccc2)OC1C(C)C. The number of rotatable bonds is 4. The maximum atomic E-state index is 12.5. The molecule has 0 aliphatic carbocycles. The molecule has 0 saturated carbocycles. The Kier molecular flexibility index (Phi) is 5.29. The van der Waals surface area contributed by atoms with Gasteiger partial charge < -0.3 is 8.92 Å². The molecule has 0 radical (unpaired) electrons. The van der Waals surface area contributed by atoms with Crippen LogP contribution in [0.15, 0.2) is 41.7 Å². The van der Waals surface area contributed by atoms with E-state index in [4.69, 9.17) is 4.74 Å². The van der Waals surface area contributed by atoms with Gasteiger partial charge in [-0.15, -0.1) is 0 Å². The number of alkyl halides is 3. The lowest BCUT2D eigenvalue weighted by Crippen LogP contribution is -2.26. The van der Waals surface area contributed by atoms with Gasteiger partial charge >= 0.3 is 15.6 Å². The smallest absolute Gasteiger partial charge is 0.381 e. The van der Waals surface area contributed by atoms with Crippen molar-refractivity contribution in [1.29, 1.82) is 0 Å². The lowest BCUT2D eigenvalue weighted by Gasteiger charge is -2.19. The molecule has 1 aliphatic rings. The molecule has 134 valence electrons. The summed E-state index contributed by atoms with van der Waals surface area (Å²) >= 11 is 0. The van der Waals surface area contributed by atoms with Crippen molar-refractivity contribution in [1.82, 2.24) is 0 Å². The zero-order valence-electron chi connectivity index (χ0n) is 13.5. The van der Waals surface area contributed by atoms with Crippen molar-refractivity contribution in [2.75, 3.05) is 0 Å². The molecule has 1 heterocycles. The van der Waals surface area contributed by atoms with E-state index in [0.717, 1.165) is 5.56 Å². The summed E-state index contributed by atoms with van der Waals surface area (Å²) in [5.74, 6) is -0.315. The molecule has 0 bridgehead atoms. The van der Waals surface area contributed by atoms with Gasteiger partial charge in [-0.1, -0.05) is 44.2 Å². The zero-order valence-corrected chi connectivity index (χ0v) is 14.3. The van der Waals surface area contributed by atoms with E-state index in [0.29, 0.717) is 5.57 Å². The maximum Gasteiger partial charge on any atom is 0.534 e. The molecule has 0 N–H and O–H groups in total. The number of hydrogen-bond donors (Lipinski definition) is 0. The van der Waals surface area contributed by atoms with Crippen LogP contribution >= 0.6 is 0 Å². The molecule has 8 heteroatoms. The molecule has 2 atom stereocenters. The van der Waals surface area contributed by atoms with E-state index in [9.17, 15) is 21.6 Å². The Bertz CT molecular complexity index is 709. The molecule has 1 aromatic rings. The fourth-order valence-electron chi connectivity index (χ4n) is 2.66. The summed E-state index contributed by atoms with van der Waals surface area (Å²) in [6, 6.07) is 9.23. The molecular weight excluding hydrogens is 345 g/mol. The zero-order chi connectivity index (χ0) is 18.1. The van der Waals surface area contributed by atoms with Gasteiger partial charge in [0.2, 0.25) is 0 Å². The average Bonchev–Trinajstić information content (AvgIpc) is 2.92. The highest BCUT2D eigenvalue weighted by Crippen LogP contribution is 2.41. The van der Waals surface area contributed by atoms with Gasteiger partial charge in [0.25, 0.3) is 0 Å². The second-order valence-electron chi connectivity index (χ2n) is 5.97. The monoisotopic (exact) mass is 364 g/mol. The van der Waals surface area contributed by atoms with E-state index >= 15 is 0 Å². The van der Waals surface area contributed by atoms with Gasteiger partial charge in [-0.05, 0) is 18.4 Å². The minimum atomic E-state index is -5.68. The predicted molar refractivity (Wildman–Crippen MR) is 82.3 cm³/mol. The number of hydrogen-bond acceptors (Lipinski definition) is 4. The van der Waals surface area contributed by atoms with Crippen LogP contribution in [0.25, 0.3) is 0 Å². The van der Waals surface area contributed by atoms with Gasteiger partial charge in [-0.2, -0.15) is 21.6 Å². The summed E-state index contributed by atoms with van der Waals surface area (Å²) in [6.07, 6.45) is -0.564. The quantitative estimate of drug-likeness (QED) is 0.454. The summed E-state index contributed by atoms with van der Waals surface area (Å²) in [5.41, 5.74) is -4.14. The van der Waals surface area contributed by atoms with E-state index < -0.39 is 21.7 Å². The molecule has 2 unspecified atom stereocenters. The Morgan fingerprint density at radius 2 is 1.83 bits per heavy atom. The van der Waals surface area contributed by atoms with Crippen LogP contribution < -0.4 is 0 Å². The van der Waals surface area contributed by atoms with Gasteiger partial charge in [-0.3, -0.25) is 0 Å². The number of benzene rings is 1. The summed E-state index contributed by atoms with van der Waals surface area (Å²) in [6.45, 7) is 4.93. The van der Waals surface area contributed by atoms with Crippen molar-refractivity contribution in [2.24, 2.45) is 5.92 Å². The highest BCUT2D eigenvalue weighted by molar-refractivity contribution is 7.87. The summed E-state index contributed by atoms with van der Waals surface area (Å²) in [5, 5.41) is 0. The fraction of sp³-hybridized carbons (Fsp3) is 0.500. The van der Waals surface area contributed by atoms with E-state index in [1.807, 2.05) is 44.2 Å². The minimum absolute atomic E-state index is 0.0409. The molecule has 24 heavy (non-hydrogen) atoms. The normalized spacial score (nSPS) is 24.3. The Morgan fingerprint density at radius 1 is 1.25 bits per heavy atom. The molecule has 0 spiro atoms. The van der Waals surface area contributed by atoms with Crippen LogP contribution in [0.1, 0.15) is 38.9 Å². The van der Waals surface area contributed by atoms with Crippen molar-refractivity contribution in [3.05, 3.63) is 47.2 Å². The fourth-order valence-corrected chi connectivity index (χ4v) is 3.19. The average molecular weight is 364 g/mol. The Labute approximate surface area is 139 Å². The van der Waals surface area contributed by atoms with Gasteiger partial charge in [0.05, 0.1) is 12.2 Å². The van der Waals surface area contributed by atoms with Gasteiger partial charge in [0.1, 0.15) is 5.76 Å². The number of ether oxygens (including phenoxy) is 1. The van der Waals surface area contributed by atoms with Gasteiger partial charge in [-0.25, -0.2) is 0 Å². The minimum Gasteiger partial charge on any atom is -0.381 e. The first-order valence-electron chi connectivity index (χ1n) is 7.43. The lowest BCUT2D eigenvalue weighted by atomic mass is 9.96. The predicted octanol–water partition coefficient (Wildman–Crippen LogP) is 4.31. The standard InChI is InChI=1S/C16H19F3O4S/c1-10(2)15-13(11(3)23-24(20,21)16(17,18)19)9-14(22-15)12-7-5-4-6-8-12/h4-8,10,14-15H,9H2,1-3H3. The second kappa shape index (κ2) is 6.76. The Balaban J connectivity index is 2.32.